The zero-order valence-corrected chi connectivity index (χ0v) is 12.2. The molecule has 0 aliphatic heterocycles. The lowest BCUT2D eigenvalue weighted by atomic mass is 10.3. The Labute approximate surface area is 127 Å². The number of nitrogens with one attached hydrogen (secondary N) is 2. The van der Waals surface area contributed by atoms with E-state index in [2.05, 4.69) is 20.3 Å². The van der Waals surface area contributed by atoms with Crippen LogP contribution in [0.25, 0.3) is 11.2 Å². The molecule has 22 heavy (non-hydrogen) atoms. The molecule has 112 valence electrons. The molecule has 2 N–H and O–H groups in total. The molecule has 2 heterocycles. The first-order valence-corrected chi connectivity index (χ1v) is 7.13. The van der Waals surface area contributed by atoms with Crippen LogP contribution >= 0.6 is 0 Å². The SMILES string of the molecule is CCCNC(=O)c1c[nH]c2ncc(Oc3ccccc3)nc12. The average Bonchev–Trinajstić information content (AvgIpc) is 2.97. The van der Waals surface area contributed by atoms with Gasteiger partial charge in [0.05, 0.1) is 11.8 Å². The molecule has 1 amide bonds. The van der Waals surface area contributed by atoms with Crippen molar-refractivity contribution in [3.63, 3.8) is 0 Å². The number of amides is 1. The summed E-state index contributed by atoms with van der Waals surface area (Å²) in [5.41, 5.74) is 1.53. The molecule has 3 rings (SSSR count). The highest BCUT2D eigenvalue weighted by Crippen LogP contribution is 2.22. The van der Waals surface area contributed by atoms with Crippen molar-refractivity contribution in [2.75, 3.05) is 6.54 Å². The quantitative estimate of drug-likeness (QED) is 0.758. The second-order valence-corrected chi connectivity index (χ2v) is 4.78. The fourth-order valence-electron chi connectivity index (χ4n) is 2.04. The highest BCUT2D eigenvalue weighted by Gasteiger charge is 2.14. The van der Waals surface area contributed by atoms with Gasteiger partial charge in [0.1, 0.15) is 11.3 Å². The van der Waals surface area contributed by atoms with Crippen LogP contribution in [0.4, 0.5) is 0 Å². The Morgan fingerprint density at radius 2 is 2.14 bits per heavy atom. The van der Waals surface area contributed by atoms with Gasteiger partial charge in [-0.1, -0.05) is 25.1 Å². The highest BCUT2D eigenvalue weighted by atomic mass is 16.5. The maximum Gasteiger partial charge on any atom is 0.255 e. The van der Waals surface area contributed by atoms with Gasteiger partial charge in [-0.25, -0.2) is 9.97 Å². The van der Waals surface area contributed by atoms with E-state index >= 15 is 0 Å². The lowest BCUT2D eigenvalue weighted by Crippen LogP contribution is -2.23. The number of H-pyrrole nitrogens is 1. The van der Waals surface area contributed by atoms with Gasteiger partial charge in [-0.15, -0.1) is 0 Å². The summed E-state index contributed by atoms with van der Waals surface area (Å²) in [5, 5.41) is 2.83. The van der Waals surface area contributed by atoms with E-state index in [1.54, 1.807) is 6.20 Å². The highest BCUT2D eigenvalue weighted by molar-refractivity contribution is 6.04. The van der Waals surface area contributed by atoms with Crippen molar-refractivity contribution < 1.29 is 9.53 Å². The average molecular weight is 296 g/mol. The topological polar surface area (TPSA) is 79.9 Å². The fraction of sp³-hybridized carbons (Fsp3) is 0.188. The molecule has 6 nitrogen and oxygen atoms in total. The number of rotatable bonds is 5. The van der Waals surface area contributed by atoms with Gasteiger partial charge in [0.15, 0.2) is 5.65 Å². The van der Waals surface area contributed by atoms with Crippen LogP contribution in [0.15, 0.2) is 42.7 Å². The van der Waals surface area contributed by atoms with Crippen LogP contribution in [0.2, 0.25) is 0 Å². The second-order valence-electron chi connectivity index (χ2n) is 4.78. The molecule has 0 fully saturated rings. The van der Waals surface area contributed by atoms with Crippen LogP contribution in [-0.4, -0.2) is 27.4 Å². The number of nitrogens with zero attached hydrogens (tertiary/aromatic N) is 2. The summed E-state index contributed by atoms with van der Waals surface area (Å²) in [7, 11) is 0. The predicted molar refractivity (Wildman–Crippen MR) is 83.0 cm³/mol. The molecule has 0 spiro atoms. The van der Waals surface area contributed by atoms with Gasteiger partial charge in [-0.3, -0.25) is 4.79 Å². The maximum atomic E-state index is 12.1. The van der Waals surface area contributed by atoms with Crippen molar-refractivity contribution in [3.05, 3.63) is 48.3 Å². The Hall–Kier alpha value is -2.89. The molecular formula is C16H16N4O2. The fourth-order valence-corrected chi connectivity index (χ4v) is 2.04. The van der Waals surface area contributed by atoms with Crippen molar-refractivity contribution >= 4 is 17.1 Å². The largest absolute Gasteiger partial charge is 0.437 e. The molecular weight excluding hydrogens is 280 g/mol. The Balaban J connectivity index is 1.89. The van der Waals surface area contributed by atoms with E-state index in [0.717, 1.165) is 6.42 Å². The van der Waals surface area contributed by atoms with E-state index in [1.807, 2.05) is 37.3 Å². The normalized spacial score (nSPS) is 10.6. The van der Waals surface area contributed by atoms with Crippen molar-refractivity contribution in [2.45, 2.75) is 13.3 Å². The van der Waals surface area contributed by atoms with Gasteiger partial charge in [-0.2, -0.15) is 0 Å². The third-order valence-corrected chi connectivity index (χ3v) is 3.10. The minimum absolute atomic E-state index is 0.167. The zero-order chi connectivity index (χ0) is 15.4. The minimum atomic E-state index is -0.167. The van der Waals surface area contributed by atoms with E-state index in [0.29, 0.717) is 34.9 Å². The van der Waals surface area contributed by atoms with Crippen LogP contribution < -0.4 is 10.1 Å². The summed E-state index contributed by atoms with van der Waals surface area (Å²) in [6.45, 7) is 2.63. The number of hydrogen-bond acceptors (Lipinski definition) is 4. The first kappa shape index (κ1) is 14.1. The number of fused-ring (bicyclic) bond motifs is 1. The Morgan fingerprint density at radius 1 is 1.32 bits per heavy atom. The van der Waals surface area contributed by atoms with E-state index in [-0.39, 0.29) is 5.91 Å². The second kappa shape index (κ2) is 6.26. The number of benzene rings is 1. The summed E-state index contributed by atoms with van der Waals surface area (Å²) in [6.07, 6.45) is 4.02. The van der Waals surface area contributed by atoms with Crippen molar-refractivity contribution in [2.24, 2.45) is 0 Å². The molecule has 0 saturated carbocycles. The van der Waals surface area contributed by atoms with Crippen LogP contribution in [0.5, 0.6) is 11.6 Å². The Morgan fingerprint density at radius 3 is 2.91 bits per heavy atom. The van der Waals surface area contributed by atoms with Gasteiger partial charge in [0, 0.05) is 12.7 Å². The molecule has 2 aromatic heterocycles. The van der Waals surface area contributed by atoms with Gasteiger partial charge in [0.25, 0.3) is 5.91 Å². The van der Waals surface area contributed by atoms with Gasteiger partial charge >= 0.3 is 0 Å². The number of hydrogen-bond donors (Lipinski definition) is 2. The molecule has 0 unspecified atom stereocenters. The number of para-hydroxylation sites is 1. The van der Waals surface area contributed by atoms with E-state index in [1.165, 1.54) is 6.20 Å². The summed E-state index contributed by atoms with van der Waals surface area (Å²) in [6, 6.07) is 9.32. The Kier molecular flexibility index (Phi) is 4.00. The summed E-state index contributed by atoms with van der Waals surface area (Å²) in [4.78, 5) is 23.7. The lowest BCUT2D eigenvalue weighted by molar-refractivity contribution is 0.0955. The van der Waals surface area contributed by atoms with Gasteiger partial charge in [0.2, 0.25) is 5.88 Å². The number of carbonyl (C=O) groups excluding carboxylic acids is 1. The molecule has 0 aliphatic rings. The van der Waals surface area contributed by atoms with Gasteiger partial charge in [-0.05, 0) is 18.6 Å². The molecule has 3 aromatic rings. The molecule has 6 heteroatoms. The zero-order valence-electron chi connectivity index (χ0n) is 12.2. The number of aromatic amines is 1. The first-order chi connectivity index (χ1) is 10.8. The number of aromatic nitrogens is 3. The standard InChI is InChI=1S/C16H16N4O2/c1-2-8-17-16(21)12-9-18-15-14(12)20-13(10-19-15)22-11-6-4-3-5-7-11/h3-7,9-10H,2,8H2,1H3,(H,17,21)(H,18,19). The molecule has 0 radical (unpaired) electrons. The van der Waals surface area contributed by atoms with Crippen molar-refractivity contribution in [1.82, 2.24) is 20.3 Å². The van der Waals surface area contributed by atoms with E-state index in [4.69, 9.17) is 4.74 Å². The molecule has 0 bridgehead atoms. The summed E-state index contributed by atoms with van der Waals surface area (Å²) >= 11 is 0. The molecule has 0 atom stereocenters. The van der Waals surface area contributed by atoms with Crippen LogP contribution in [0, 0.1) is 0 Å². The maximum absolute atomic E-state index is 12.1. The predicted octanol–water partition coefficient (Wildman–Crippen LogP) is 2.89. The van der Waals surface area contributed by atoms with Crippen LogP contribution in [0.3, 0.4) is 0 Å². The minimum Gasteiger partial charge on any atom is -0.437 e. The molecule has 0 saturated heterocycles. The molecule has 0 aliphatic carbocycles. The third kappa shape index (κ3) is 2.90. The number of carbonyl (C=O) groups is 1. The monoisotopic (exact) mass is 296 g/mol. The summed E-state index contributed by atoms with van der Waals surface area (Å²) < 4.78 is 5.65. The third-order valence-electron chi connectivity index (χ3n) is 3.10. The van der Waals surface area contributed by atoms with Crippen molar-refractivity contribution in [3.8, 4) is 11.6 Å². The van der Waals surface area contributed by atoms with Crippen LogP contribution in [-0.2, 0) is 0 Å². The van der Waals surface area contributed by atoms with E-state index in [9.17, 15) is 4.79 Å². The molecule has 1 aromatic carbocycles. The van der Waals surface area contributed by atoms with E-state index < -0.39 is 0 Å². The first-order valence-electron chi connectivity index (χ1n) is 7.13. The van der Waals surface area contributed by atoms with Crippen LogP contribution in [0.1, 0.15) is 23.7 Å². The van der Waals surface area contributed by atoms with Gasteiger partial charge < -0.3 is 15.0 Å². The Bertz CT molecular complexity index is 783. The smallest absolute Gasteiger partial charge is 0.255 e. The van der Waals surface area contributed by atoms with Crippen molar-refractivity contribution in [1.29, 1.82) is 0 Å². The lowest BCUT2D eigenvalue weighted by Gasteiger charge is -2.05. The summed E-state index contributed by atoms with van der Waals surface area (Å²) in [5.74, 6) is 0.853. The number of ether oxygens (including phenoxy) is 1.